The number of aliphatic carboxylic acids is 1. The van der Waals surface area contributed by atoms with Crippen LogP contribution in [0.25, 0.3) is 0 Å². The van der Waals surface area contributed by atoms with E-state index in [9.17, 15) is 9.59 Å². The molecule has 0 radical (unpaired) electrons. The molecule has 7 nitrogen and oxygen atoms in total. The van der Waals surface area contributed by atoms with Crippen molar-refractivity contribution < 1.29 is 24.2 Å². The van der Waals surface area contributed by atoms with E-state index in [0.717, 1.165) is 0 Å². The minimum Gasteiger partial charge on any atom is -0.480 e. The van der Waals surface area contributed by atoms with Gasteiger partial charge in [0.25, 0.3) is 0 Å². The molecule has 112 valence electrons. The third-order valence-electron chi connectivity index (χ3n) is 2.30. The van der Waals surface area contributed by atoms with Gasteiger partial charge in [0.15, 0.2) is 0 Å². The lowest BCUT2D eigenvalue weighted by Gasteiger charge is -2.34. The van der Waals surface area contributed by atoms with Gasteiger partial charge in [-0.25, -0.2) is 4.79 Å². The molecule has 19 heavy (non-hydrogen) atoms. The molecule has 0 unspecified atom stereocenters. The fourth-order valence-corrected chi connectivity index (χ4v) is 1.32. The summed E-state index contributed by atoms with van der Waals surface area (Å²) in [7, 11) is 1.58. The van der Waals surface area contributed by atoms with Crippen molar-refractivity contribution in [3.05, 3.63) is 0 Å². The van der Waals surface area contributed by atoms with Gasteiger partial charge in [0.05, 0.1) is 19.8 Å². The number of nitrogens with zero attached hydrogens (tertiary/aromatic N) is 1. The SMILES string of the molecule is COCCOCCNC(=O)N(CC(=O)O)C(C)(C)C. The molecule has 2 N–H and O–H groups in total. The topological polar surface area (TPSA) is 88.1 Å². The Morgan fingerprint density at radius 1 is 1.21 bits per heavy atom. The van der Waals surface area contributed by atoms with Crippen molar-refractivity contribution in [1.29, 1.82) is 0 Å². The second kappa shape index (κ2) is 8.71. The van der Waals surface area contributed by atoms with Crippen LogP contribution in [-0.2, 0) is 14.3 Å². The normalized spacial score (nSPS) is 11.2. The average Bonchev–Trinajstić information content (AvgIpc) is 2.28. The molecule has 0 aromatic carbocycles. The molecule has 0 bridgehead atoms. The number of amides is 2. The number of carboxylic acid groups (broad SMARTS) is 1. The van der Waals surface area contributed by atoms with Gasteiger partial charge in [-0.3, -0.25) is 4.79 Å². The molecule has 0 fully saturated rings. The molecule has 0 atom stereocenters. The lowest BCUT2D eigenvalue weighted by molar-refractivity contribution is -0.138. The lowest BCUT2D eigenvalue weighted by Crippen LogP contribution is -2.52. The van der Waals surface area contributed by atoms with E-state index >= 15 is 0 Å². The number of hydrogen-bond acceptors (Lipinski definition) is 4. The molecule has 0 aliphatic carbocycles. The van der Waals surface area contributed by atoms with Gasteiger partial charge >= 0.3 is 12.0 Å². The molecular weight excluding hydrogens is 252 g/mol. The highest BCUT2D eigenvalue weighted by molar-refractivity contribution is 5.80. The van der Waals surface area contributed by atoms with Crippen LogP contribution in [0.2, 0.25) is 0 Å². The van der Waals surface area contributed by atoms with Gasteiger partial charge in [0.2, 0.25) is 0 Å². The molecule has 0 aromatic rings. The van der Waals surface area contributed by atoms with E-state index in [1.807, 2.05) is 0 Å². The molecule has 0 aliphatic rings. The standard InChI is InChI=1S/C12H24N2O5/c1-12(2,3)14(9-10(15)16)11(17)13-5-6-19-8-7-18-4/h5-9H2,1-4H3,(H,13,17)(H,15,16). The predicted octanol–water partition coefficient (Wildman–Crippen LogP) is 0.544. The summed E-state index contributed by atoms with van der Waals surface area (Å²) in [6.45, 7) is 6.67. The van der Waals surface area contributed by atoms with Crippen molar-refractivity contribution in [3.63, 3.8) is 0 Å². The first-order chi connectivity index (χ1) is 8.79. The maximum Gasteiger partial charge on any atom is 0.323 e. The van der Waals surface area contributed by atoms with Crippen LogP contribution in [0.5, 0.6) is 0 Å². The van der Waals surface area contributed by atoms with Gasteiger partial charge in [0.1, 0.15) is 6.54 Å². The van der Waals surface area contributed by atoms with E-state index in [0.29, 0.717) is 26.4 Å². The molecule has 2 amide bonds. The first-order valence-corrected chi connectivity index (χ1v) is 6.13. The second-order valence-electron chi connectivity index (χ2n) is 4.99. The number of hydrogen-bond donors (Lipinski definition) is 2. The summed E-state index contributed by atoms with van der Waals surface area (Å²) in [5.41, 5.74) is -0.556. The summed E-state index contributed by atoms with van der Waals surface area (Å²) in [4.78, 5) is 23.9. The van der Waals surface area contributed by atoms with Crippen LogP contribution in [0, 0.1) is 0 Å². The number of urea groups is 1. The molecule has 0 saturated carbocycles. The van der Waals surface area contributed by atoms with Gasteiger partial charge in [-0.2, -0.15) is 0 Å². The summed E-state index contributed by atoms with van der Waals surface area (Å²) in [5, 5.41) is 11.4. The number of carboxylic acids is 1. The van der Waals surface area contributed by atoms with Gasteiger partial charge in [0, 0.05) is 19.2 Å². The minimum atomic E-state index is -1.04. The third-order valence-corrected chi connectivity index (χ3v) is 2.30. The molecule has 0 aliphatic heterocycles. The first kappa shape index (κ1) is 17.7. The zero-order valence-electron chi connectivity index (χ0n) is 12.1. The number of rotatable bonds is 8. The van der Waals surface area contributed by atoms with Crippen LogP contribution in [0.3, 0.4) is 0 Å². The summed E-state index contributed by atoms with van der Waals surface area (Å²) in [5.74, 6) is -1.04. The summed E-state index contributed by atoms with van der Waals surface area (Å²) >= 11 is 0. The second-order valence-corrected chi connectivity index (χ2v) is 4.99. The molecule has 0 spiro atoms. The van der Waals surface area contributed by atoms with Crippen molar-refractivity contribution in [1.82, 2.24) is 10.2 Å². The molecule has 0 saturated heterocycles. The number of carbonyl (C=O) groups is 2. The molecule has 0 heterocycles. The van der Waals surface area contributed by atoms with E-state index < -0.39 is 17.5 Å². The predicted molar refractivity (Wildman–Crippen MR) is 70.2 cm³/mol. The summed E-state index contributed by atoms with van der Waals surface area (Å²) < 4.78 is 10.0. The average molecular weight is 276 g/mol. The van der Waals surface area contributed by atoms with Crippen LogP contribution in [0.4, 0.5) is 4.79 Å². The van der Waals surface area contributed by atoms with Crippen molar-refractivity contribution in [3.8, 4) is 0 Å². The van der Waals surface area contributed by atoms with Crippen LogP contribution in [0.1, 0.15) is 20.8 Å². The Morgan fingerprint density at radius 2 is 1.84 bits per heavy atom. The Hall–Kier alpha value is -1.34. The summed E-state index contributed by atoms with van der Waals surface area (Å²) in [6, 6.07) is -0.412. The highest BCUT2D eigenvalue weighted by atomic mass is 16.5. The fourth-order valence-electron chi connectivity index (χ4n) is 1.32. The van der Waals surface area contributed by atoms with Crippen LogP contribution < -0.4 is 5.32 Å². The number of carbonyl (C=O) groups excluding carboxylic acids is 1. The number of methoxy groups -OCH3 is 1. The molecular formula is C12H24N2O5. The van der Waals surface area contributed by atoms with E-state index in [1.165, 1.54) is 4.90 Å². The highest BCUT2D eigenvalue weighted by Crippen LogP contribution is 2.12. The fraction of sp³-hybridized carbons (Fsp3) is 0.833. The quantitative estimate of drug-likeness (QED) is 0.632. The zero-order valence-corrected chi connectivity index (χ0v) is 12.1. The van der Waals surface area contributed by atoms with Crippen molar-refractivity contribution in [2.75, 3.05) is 40.0 Å². The molecule has 0 rings (SSSR count). The van der Waals surface area contributed by atoms with Gasteiger partial charge in [-0.1, -0.05) is 0 Å². The van der Waals surface area contributed by atoms with E-state index in [2.05, 4.69) is 5.32 Å². The van der Waals surface area contributed by atoms with Gasteiger partial charge < -0.3 is 24.8 Å². The van der Waals surface area contributed by atoms with Crippen molar-refractivity contribution in [2.24, 2.45) is 0 Å². The maximum atomic E-state index is 11.9. The van der Waals surface area contributed by atoms with E-state index in [4.69, 9.17) is 14.6 Å². The number of ether oxygens (including phenoxy) is 2. The Balaban J connectivity index is 4.09. The molecule has 7 heteroatoms. The monoisotopic (exact) mass is 276 g/mol. The summed E-state index contributed by atoms with van der Waals surface area (Å²) in [6.07, 6.45) is 0. The smallest absolute Gasteiger partial charge is 0.323 e. The van der Waals surface area contributed by atoms with Crippen LogP contribution in [0.15, 0.2) is 0 Å². The van der Waals surface area contributed by atoms with Crippen molar-refractivity contribution in [2.45, 2.75) is 26.3 Å². The van der Waals surface area contributed by atoms with E-state index in [1.54, 1.807) is 27.9 Å². The lowest BCUT2D eigenvalue weighted by atomic mass is 10.1. The first-order valence-electron chi connectivity index (χ1n) is 6.13. The highest BCUT2D eigenvalue weighted by Gasteiger charge is 2.28. The largest absolute Gasteiger partial charge is 0.480 e. The zero-order chi connectivity index (χ0) is 14.9. The Bertz CT molecular complexity index is 288. The third kappa shape index (κ3) is 8.39. The minimum absolute atomic E-state index is 0.328. The maximum absolute atomic E-state index is 11.9. The molecule has 0 aromatic heterocycles. The Kier molecular flexibility index (Phi) is 8.09. The Morgan fingerprint density at radius 3 is 2.32 bits per heavy atom. The van der Waals surface area contributed by atoms with Crippen LogP contribution >= 0.6 is 0 Å². The van der Waals surface area contributed by atoms with Gasteiger partial charge in [-0.05, 0) is 20.8 Å². The van der Waals surface area contributed by atoms with Gasteiger partial charge in [-0.15, -0.1) is 0 Å². The van der Waals surface area contributed by atoms with E-state index in [-0.39, 0.29) is 6.54 Å². The van der Waals surface area contributed by atoms with Crippen LogP contribution in [-0.4, -0.2) is 67.6 Å². The van der Waals surface area contributed by atoms with Crippen molar-refractivity contribution >= 4 is 12.0 Å². The number of nitrogens with one attached hydrogen (secondary N) is 1. The Labute approximate surface area is 113 Å².